The quantitative estimate of drug-likeness (QED) is 0.675. The second-order valence-corrected chi connectivity index (χ2v) is 7.73. The Kier molecular flexibility index (Phi) is 3.48. The van der Waals surface area contributed by atoms with Gasteiger partial charge in [0.1, 0.15) is 0 Å². The summed E-state index contributed by atoms with van der Waals surface area (Å²) in [6.07, 6.45) is 8.22. The van der Waals surface area contributed by atoms with Crippen molar-refractivity contribution in [2.24, 2.45) is 23.7 Å². The number of allylic oxidation sites excluding steroid dienone is 2. The van der Waals surface area contributed by atoms with Gasteiger partial charge in [0, 0.05) is 11.1 Å². The van der Waals surface area contributed by atoms with Crippen LogP contribution in [-0.2, 0) is 4.79 Å². The van der Waals surface area contributed by atoms with Crippen molar-refractivity contribution in [3.63, 3.8) is 0 Å². The molecule has 0 saturated heterocycles. The Hall–Kier alpha value is -2.41. The summed E-state index contributed by atoms with van der Waals surface area (Å²) >= 11 is 0. The van der Waals surface area contributed by atoms with Gasteiger partial charge in [0.15, 0.2) is 5.78 Å². The molecule has 1 nitrogen and oxygen atoms in total. The molecule has 5 rings (SSSR count). The van der Waals surface area contributed by atoms with Crippen LogP contribution in [0.4, 0.5) is 0 Å². The summed E-state index contributed by atoms with van der Waals surface area (Å²) in [4.78, 5) is 13.3. The largest absolute Gasteiger partial charge is 0.289 e. The molecule has 3 saturated carbocycles. The molecule has 0 spiro atoms. The summed E-state index contributed by atoms with van der Waals surface area (Å²) < 4.78 is 0. The van der Waals surface area contributed by atoms with E-state index in [1.54, 1.807) is 0 Å². The van der Waals surface area contributed by atoms with E-state index < -0.39 is 0 Å². The molecule has 3 aliphatic rings. The number of carbonyl (C=O) groups is 1. The lowest BCUT2D eigenvalue weighted by atomic mass is 9.78. The van der Waals surface area contributed by atoms with Gasteiger partial charge in [-0.3, -0.25) is 4.79 Å². The molecule has 0 amide bonds. The van der Waals surface area contributed by atoms with Crippen LogP contribution in [0.5, 0.6) is 0 Å². The van der Waals surface area contributed by atoms with Crippen LogP contribution in [0.2, 0.25) is 0 Å². The van der Waals surface area contributed by atoms with E-state index in [4.69, 9.17) is 0 Å². The first-order valence-electron chi connectivity index (χ1n) is 9.39. The van der Waals surface area contributed by atoms with Crippen LogP contribution in [0.3, 0.4) is 0 Å². The van der Waals surface area contributed by atoms with Crippen molar-refractivity contribution < 1.29 is 4.79 Å². The highest BCUT2D eigenvalue weighted by Gasteiger charge is 2.56. The van der Waals surface area contributed by atoms with Crippen molar-refractivity contribution in [2.45, 2.75) is 19.3 Å². The summed E-state index contributed by atoms with van der Waals surface area (Å²) in [5.74, 6) is 2.59. The molecule has 2 aromatic carbocycles. The summed E-state index contributed by atoms with van der Waals surface area (Å²) in [5, 5.41) is 0. The Balaban J connectivity index is 1.61. The first-order valence-corrected chi connectivity index (χ1v) is 9.39. The van der Waals surface area contributed by atoms with Gasteiger partial charge in [0.2, 0.25) is 0 Å². The van der Waals surface area contributed by atoms with Crippen molar-refractivity contribution >= 4 is 17.9 Å². The second kappa shape index (κ2) is 5.84. The fourth-order valence-corrected chi connectivity index (χ4v) is 5.44. The van der Waals surface area contributed by atoms with E-state index in [0.717, 1.165) is 22.3 Å². The topological polar surface area (TPSA) is 17.1 Å². The molecule has 2 bridgehead atoms. The van der Waals surface area contributed by atoms with Gasteiger partial charge in [-0.25, -0.2) is 0 Å². The number of benzene rings is 2. The summed E-state index contributed by atoms with van der Waals surface area (Å²) in [6.45, 7) is 0. The fraction of sp³-hybridized carbons (Fsp3) is 0.292. The first kappa shape index (κ1) is 14.9. The molecule has 0 heterocycles. The summed E-state index contributed by atoms with van der Waals surface area (Å²) in [5.41, 5.74) is 4.41. The van der Waals surface area contributed by atoms with Crippen LogP contribution in [0, 0.1) is 23.7 Å². The normalized spacial score (nSPS) is 33.4. The van der Waals surface area contributed by atoms with Crippen LogP contribution >= 0.6 is 0 Å². The highest BCUT2D eigenvalue weighted by atomic mass is 16.1. The molecule has 0 aromatic heterocycles. The van der Waals surface area contributed by atoms with Gasteiger partial charge in [-0.05, 0) is 66.2 Å². The van der Waals surface area contributed by atoms with Gasteiger partial charge in [0.25, 0.3) is 0 Å². The smallest absolute Gasteiger partial charge is 0.185 e. The molecule has 3 aliphatic carbocycles. The van der Waals surface area contributed by atoms with Crippen LogP contribution in [-0.4, -0.2) is 5.78 Å². The minimum Gasteiger partial charge on any atom is -0.289 e. The Morgan fingerprint density at radius 2 is 1.12 bits per heavy atom. The van der Waals surface area contributed by atoms with Crippen molar-refractivity contribution in [3.05, 3.63) is 82.9 Å². The minimum atomic E-state index is 0.291. The number of hydrogen-bond acceptors (Lipinski definition) is 1. The van der Waals surface area contributed by atoms with Gasteiger partial charge >= 0.3 is 0 Å². The predicted octanol–water partition coefficient (Wildman–Crippen LogP) is 5.40. The van der Waals surface area contributed by atoms with Gasteiger partial charge in [-0.1, -0.05) is 60.7 Å². The maximum atomic E-state index is 13.3. The maximum Gasteiger partial charge on any atom is 0.185 e. The molecule has 0 unspecified atom stereocenters. The van der Waals surface area contributed by atoms with Crippen molar-refractivity contribution in [2.75, 3.05) is 0 Å². The summed E-state index contributed by atoms with van der Waals surface area (Å²) in [7, 11) is 0. The van der Waals surface area contributed by atoms with Crippen molar-refractivity contribution in [3.8, 4) is 0 Å². The van der Waals surface area contributed by atoms with E-state index in [1.165, 1.54) is 19.3 Å². The molecule has 0 aliphatic heterocycles. The molecule has 4 atom stereocenters. The van der Waals surface area contributed by atoms with E-state index in [0.29, 0.717) is 29.5 Å². The summed E-state index contributed by atoms with van der Waals surface area (Å²) in [6, 6.07) is 20.6. The molecular formula is C24H22O. The second-order valence-electron chi connectivity index (χ2n) is 7.73. The highest BCUT2D eigenvalue weighted by Crippen LogP contribution is 2.61. The number of rotatable bonds is 2. The van der Waals surface area contributed by atoms with Gasteiger partial charge < -0.3 is 0 Å². The molecule has 2 aromatic rings. The number of Topliss-reactive ketones (excluding diaryl/α,β-unsaturated/α-hetero) is 1. The van der Waals surface area contributed by atoms with E-state index in [9.17, 15) is 4.79 Å². The Morgan fingerprint density at radius 1 is 0.680 bits per heavy atom. The maximum absolute atomic E-state index is 13.3. The van der Waals surface area contributed by atoms with Gasteiger partial charge in [0.05, 0.1) is 0 Å². The van der Waals surface area contributed by atoms with Crippen LogP contribution < -0.4 is 0 Å². The standard InChI is InChI=1S/C24H22O/c25-24-20(13-16-7-3-1-4-8-16)22-18-11-12-19(15-18)23(22)21(24)14-17-9-5-2-6-10-17/h1-10,13-14,18-19,22-23H,11-12,15H2/b20-13+,21-14+/t18-,19+,22+,23-. The lowest BCUT2D eigenvalue weighted by Gasteiger charge is -2.25. The zero-order valence-electron chi connectivity index (χ0n) is 14.3. The Morgan fingerprint density at radius 3 is 1.56 bits per heavy atom. The molecule has 3 fully saturated rings. The van der Waals surface area contributed by atoms with Crippen LogP contribution in [0.15, 0.2) is 71.8 Å². The third kappa shape index (κ3) is 2.41. The molecule has 1 heteroatoms. The van der Waals surface area contributed by atoms with Gasteiger partial charge in [-0.2, -0.15) is 0 Å². The molecule has 25 heavy (non-hydrogen) atoms. The third-order valence-electron chi connectivity index (χ3n) is 6.40. The van der Waals surface area contributed by atoms with E-state index in [1.807, 2.05) is 36.4 Å². The average molecular weight is 326 g/mol. The van der Waals surface area contributed by atoms with Crippen LogP contribution in [0.1, 0.15) is 30.4 Å². The number of hydrogen-bond donors (Lipinski definition) is 0. The zero-order chi connectivity index (χ0) is 16.8. The zero-order valence-corrected chi connectivity index (χ0v) is 14.3. The van der Waals surface area contributed by atoms with Crippen molar-refractivity contribution in [1.29, 1.82) is 0 Å². The number of fused-ring (bicyclic) bond motifs is 5. The number of carbonyl (C=O) groups excluding carboxylic acids is 1. The predicted molar refractivity (Wildman–Crippen MR) is 102 cm³/mol. The molecule has 0 radical (unpaired) electrons. The van der Waals surface area contributed by atoms with Crippen molar-refractivity contribution in [1.82, 2.24) is 0 Å². The lowest BCUT2D eigenvalue weighted by molar-refractivity contribution is -0.111. The number of ketones is 1. The highest BCUT2D eigenvalue weighted by molar-refractivity contribution is 6.17. The lowest BCUT2D eigenvalue weighted by Crippen LogP contribution is -2.18. The fourth-order valence-electron chi connectivity index (χ4n) is 5.44. The van der Waals surface area contributed by atoms with Crippen LogP contribution in [0.25, 0.3) is 12.2 Å². The minimum absolute atomic E-state index is 0.291. The Labute approximate surface area is 149 Å². The monoisotopic (exact) mass is 326 g/mol. The van der Waals surface area contributed by atoms with Gasteiger partial charge in [-0.15, -0.1) is 0 Å². The average Bonchev–Trinajstić information content (AvgIpc) is 3.33. The van der Waals surface area contributed by atoms with E-state index >= 15 is 0 Å². The molecule has 0 N–H and O–H groups in total. The first-order chi connectivity index (χ1) is 12.3. The molecule has 124 valence electrons. The Bertz CT molecular complexity index is 788. The SMILES string of the molecule is O=C1/C(=C/c2ccccc2)[C@@H]2[C@@H]3CC[C@@H](C3)[C@@H]2/C1=C\c1ccccc1. The van der Waals surface area contributed by atoms with E-state index in [-0.39, 0.29) is 0 Å². The molecular weight excluding hydrogens is 304 g/mol. The third-order valence-corrected chi connectivity index (χ3v) is 6.40. The van der Waals surface area contributed by atoms with E-state index in [2.05, 4.69) is 36.4 Å².